The van der Waals surface area contributed by atoms with Crippen LogP contribution < -0.4 is 0 Å². The summed E-state index contributed by atoms with van der Waals surface area (Å²) in [7, 11) is 0. The quantitative estimate of drug-likeness (QED) is 0.311. The van der Waals surface area contributed by atoms with Crippen LogP contribution >= 0.6 is 0 Å². The Labute approximate surface area is 122 Å². The predicted molar refractivity (Wildman–Crippen MR) is 79.1 cm³/mol. The first-order valence-corrected chi connectivity index (χ1v) is 7.21. The maximum Gasteiger partial charge on any atom is 0.345 e. The van der Waals surface area contributed by atoms with Gasteiger partial charge >= 0.3 is 11.9 Å². The van der Waals surface area contributed by atoms with E-state index < -0.39 is 11.9 Å². The molecular weight excluding hydrogens is 256 g/mol. The molecule has 0 fully saturated rings. The summed E-state index contributed by atoms with van der Waals surface area (Å²) in [5.41, 5.74) is 0.744. The van der Waals surface area contributed by atoms with Gasteiger partial charge in [0, 0.05) is 0 Å². The molecule has 0 unspecified atom stereocenters. The molecule has 0 radical (unpaired) electrons. The summed E-state index contributed by atoms with van der Waals surface area (Å²) in [5.74, 6) is -0.627. The number of rotatable bonds is 7. The number of hydrogen-bond donors (Lipinski definition) is 0. The van der Waals surface area contributed by atoms with Crippen LogP contribution in [0.2, 0.25) is 0 Å². The summed E-state index contributed by atoms with van der Waals surface area (Å²) in [5, 5.41) is 0. The third-order valence-electron chi connectivity index (χ3n) is 2.76. The lowest BCUT2D eigenvalue weighted by Crippen LogP contribution is -2.23. The van der Waals surface area contributed by atoms with Crippen LogP contribution in [0.1, 0.15) is 48.5 Å². The van der Waals surface area contributed by atoms with Gasteiger partial charge in [0.25, 0.3) is 0 Å². The molecule has 0 amide bonds. The third kappa shape index (κ3) is 6.73. The minimum Gasteiger partial charge on any atom is -0.462 e. The summed E-state index contributed by atoms with van der Waals surface area (Å²) < 4.78 is 10.3. The lowest BCUT2D eigenvalue weighted by Gasteiger charge is -2.15. The fourth-order valence-corrected chi connectivity index (χ4v) is 1.32. The van der Waals surface area contributed by atoms with Crippen molar-refractivity contribution in [2.45, 2.75) is 48.5 Å². The molecule has 4 nitrogen and oxygen atoms in total. The molecule has 0 atom stereocenters. The minimum absolute atomic E-state index is 0.0429. The molecular formula is C16H28O4. The van der Waals surface area contributed by atoms with Crippen LogP contribution in [-0.2, 0) is 19.1 Å². The van der Waals surface area contributed by atoms with Crippen molar-refractivity contribution in [2.75, 3.05) is 13.2 Å². The van der Waals surface area contributed by atoms with Crippen LogP contribution in [0.5, 0.6) is 0 Å². The zero-order valence-corrected chi connectivity index (χ0v) is 13.8. The van der Waals surface area contributed by atoms with E-state index >= 15 is 0 Å². The second kappa shape index (κ2) is 8.77. The summed E-state index contributed by atoms with van der Waals surface area (Å²) in [6, 6.07) is 0. The van der Waals surface area contributed by atoms with Crippen molar-refractivity contribution in [1.82, 2.24) is 0 Å². The fraction of sp³-hybridized carbons (Fsp3) is 0.750. The molecule has 0 aromatic heterocycles. The molecule has 0 aliphatic rings. The van der Waals surface area contributed by atoms with Crippen LogP contribution in [0.25, 0.3) is 0 Å². The van der Waals surface area contributed by atoms with E-state index in [9.17, 15) is 9.59 Å². The van der Waals surface area contributed by atoms with Crippen molar-refractivity contribution >= 4 is 11.9 Å². The van der Waals surface area contributed by atoms with E-state index in [1.807, 2.05) is 41.5 Å². The maximum absolute atomic E-state index is 12.1. The van der Waals surface area contributed by atoms with Crippen LogP contribution in [0, 0.1) is 17.8 Å². The Balaban J connectivity index is 5.05. The normalized spacial score (nSPS) is 10.9. The predicted octanol–water partition coefficient (Wildman–Crippen LogP) is 3.36. The highest BCUT2D eigenvalue weighted by atomic mass is 16.6. The number of hydrogen-bond acceptors (Lipinski definition) is 4. The van der Waals surface area contributed by atoms with E-state index in [1.165, 1.54) is 0 Å². The summed E-state index contributed by atoms with van der Waals surface area (Å²) >= 11 is 0. The molecule has 0 rings (SSSR count). The molecule has 4 heteroatoms. The Morgan fingerprint density at radius 2 is 1.15 bits per heavy atom. The minimum atomic E-state index is -0.585. The third-order valence-corrected chi connectivity index (χ3v) is 2.76. The summed E-state index contributed by atoms with van der Waals surface area (Å²) in [4.78, 5) is 24.2. The van der Waals surface area contributed by atoms with Crippen LogP contribution in [0.3, 0.4) is 0 Å². The Hall–Kier alpha value is -1.32. The Bertz CT molecular complexity index is 339. The van der Waals surface area contributed by atoms with Gasteiger partial charge in [0.05, 0.1) is 13.2 Å². The first kappa shape index (κ1) is 18.7. The van der Waals surface area contributed by atoms with E-state index in [1.54, 1.807) is 6.92 Å². The van der Waals surface area contributed by atoms with Crippen LogP contribution in [-0.4, -0.2) is 25.2 Å². The second-order valence-corrected chi connectivity index (χ2v) is 6.20. The first-order chi connectivity index (χ1) is 9.16. The molecule has 0 heterocycles. The second-order valence-electron chi connectivity index (χ2n) is 6.20. The zero-order chi connectivity index (χ0) is 15.9. The Morgan fingerprint density at radius 1 is 0.800 bits per heavy atom. The van der Waals surface area contributed by atoms with Crippen LogP contribution in [0.4, 0.5) is 0 Å². The summed E-state index contributed by atoms with van der Waals surface area (Å²) in [6.45, 7) is 14.0. The van der Waals surface area contributed by atoms with Gasteiger partial charge in [0.1, 0.15) is 5.57 Å². The van der Waals surface area contributed by atoms with Gasteiger partial charge < -0.3 is 9.47 Å². The van der Waals surface area contributed by atoms with Crippen molar-refractivity contribution in [3.63, 3.8) is 0 Å². The fourth-order valence-electron chi connectivity index (χ4n) is 1.32. The monoisotopic (exact) mass is 284 g/mol. The molecule has 0 N–H and O–H groups in total. The number of carbonyl (C=O) groups excluding carboxylic acids is 2. The zero-order valence-electron chi connectivity index (χ0n) is 13.8. The lowest BCUT2D eigenvalue weighted by molar-refractivity contribution is -0.148. The van der Waals surface area contributed by atoms with E-state index in [-0.39, 0.29) is 23.3 Å². The molecule has 0 aromatic carbocycles. The highest BCUT2D eigenvalue weighted by molar-refractivity contribution is 6.14. The van der Waals surface area contributed by atoms with Gasteiger partial charge in [-0.1, -0.05) is 41.5 Å². The van der Waals surface area contributed by atoms with Gasteiger partial charge in [-0.25, -0.2) is 9.59 Å². The van der Waals surface area contributed by atoms with Gasteiger partial charge in [-0.3, -0.25) is 0 Å². The molecule has 0 saturated carbocycles. The Kier molecular flexibility index (Phi) is 8.19. The molecule has 0 aliphatic heterocycles. The number of ether oxygens (including phenoxy) is 2. The molecule has 116 valence electrons. The lowest BCUT2D eigenvalue weighted by atomic mass is 9.99. The number of allylic oxidation sites excluding steroid dienone is 1. The van der Waals surface area contributed by atoms with Gasteiger partial charge in [-0.15, -0.1) is 0 Å². The topological polar surface area (TPSA) is 52.6 Å². The average Bonchev–Trinajstić information content (AvgIpc) is 2.33. The van der Waals surface area contributed by atoms with E-state index in [2.05, 4.69) is 0 Å². The van der Waals surface area contributed by atoms with Gasteiger partial charge in [-0.2, -0.15) is 0 Å². The first-order valence-electron chi connectivity index (χ1n) is 7.21. The SMILES string of the molecule is CC(=C(C(=O)OCC(C)C)C(=O)OCC(C)C)C(C)C. The molecule has 0 aromatic rings. The highest BCUT2D eigenvalue weighted by Gasteiger charge is 2.25. The largest absolute Gasteiger partial charge is 0.462 e. The molecule has 0 bridgehead atoms. The molecule has 20 heavy (non-hydrogen) atoms. The summed E-state index contributed by atoms with van der Waals surface area (Å²) in [6.07, 6.45) is 0. The van der Waals surface area contributed by atoms with Crippen LogP contribution in [0.15, 0.2) is 11.1 Å². The van der Waals surface area contributed by atoms with Crippen molar-refractivity contribution in [3.05, 3.63) is 11.1 Å². The van der Waals surface area contributed by atoms with E-state index in [0.717, 1.165) is 0 Å². The Morgan fingerprint density at radius 3 is 1.40 bits per heavy atom. The van der Waals surface area contributed by atoms with E-state index in [0.29, 0.717) is 18.8 Å². The van der Waals surface area contributed by atoms with Gasteiger partial charge in [0.2, 0.25) is 0 Å². The van der Waals surface area contributed by atoms with Crippen molar-refractivity contribution < 1.29 is 19.1 Å². The number of carbonyl (C=O) groups is 2. The maximum atomic E-state index is 12.1. The van der Waals surface area contributed by atoms with Crippen molar-refractivity contribution in [2.24, 2.45) is 17.8 Å². The molecule has 0 spiro atoms. The van der Waals surface area contributed by atoms with Gasteiger partial charge in [-0.05, 0) is 30.3 Å². The average molecular weight is 284 g/mol. The van der Waals surface area contributed by atoms with Gasteiger partial charge in [0.15, 0.2) is 0 Å². The van der Waals surface area contributed by atoms with Crippen molar-refractivity contribution in [3.8, 4) is 0 Å². The smallest absolute Gasteiger partial charge is 0.345 e. The number of esters is 2. The van der Waals surface area contributed by atoms with Crippen molar-refractivity contribution in [1.29, 1.82) is 0 Å². The standard InChI is InChI=1S/C16H28O4/c1-10(2)8-19-15(17)14(13(7)12(5)6)16(18)20-9-11(3)4/h10-12H,8-9H2,1-7H3. The molecule has 0 saturated heterocycles. The highest BCUT2D eigenvalue weighted by Crippen LogP contribution is 2.18. The molecule has 0 aliphatic carbocycles. The van der Waals surface area contributed by atoms with E-state index in [4.69, 9.17) is 9.47 Å².